The molecule has 0 amide bonds. The zero-order valence-electron chi connectivity index (χ0n) is 8.70. The molecule has 1 rings (SSSR count). The molecule has 0 aromatic carbocycles. The zero-order chi connectivity index (χ0) is 10.6. The molecular weight excluding hydrogens is 200 g/mol. The Bertz CT molecular complexity index is 260. The third-order valence-electron chi connectivity index (χ3n) is 2.84. The number of rotatable bonds is 5. The van der Waals surface area contributed by atoms with Crippen LogP contribution < -0.4 is 11.1 Å². The van der Waals surface area contributed by atoms with Crippen molar-refractivity contribution >= 4 is 9.84 Å². The molecule has 0 radical (unpaired) electrons. The van der Waals surface area contributed by atoms with Crippen LogP contribution in [0.1, 0.15) is 19.8 Å². The Balaban J connectivity index is 2.26. The van der Waals surface area contributed by atoms with Gasteiger partial charge in [-0.15, -0.1) is 0 Å². The van der Waals surface area contributed by atoms with Gasteiger partial charge >= 0.3 is 0 Å². The summed E-state index contributed by atoms with van der Waals surface area (Å²) < 4.78 is 22.3. The molecule has 0 saturated carbocycles. The summed E-state index contributed by atoms with van der Waals surface area (Å²) in [5.41, 5.74) is 5.56. The van der Waals surface area contributed by atoms with Gasteiger partial charge in [0.15, 0.2) is 9.84 Å². The van der Waals surface area contributed by atoms with Crippen molar-refractivity contribution in [1.82, 2.24) is 5.32 Å². The van der Waals surface area contributed by atoms with Crippen LogP contribution in [0.5, 0.6) is 0 Å². The van der Waals surface area contributed by atoms with E-state index in [-0.39, 0.29) is 6.04 Å². The fraction of sp³-hybridized carbons (Fsp3) is 1.00. The van der Waals surface area contributed by atoms with Gasteiger partial charge in [0.25, 0.3) is 0 Å². The quantitative estimate of drug-likeness (QED) is 0.670. The maximum Gasteiger partial charge on any atom is 0.151 e. The minimum absolute atomic E-state index is 0.153. The summed E-state index contributed by atoms with van der Waals surface area (Å²) >= 11 is 0. The Labute approximate surface area is 86.2 Å². The molecule has 0 spiro atoms. The first-order valence-corrected chi connectivity index (χ1v) is 7.03. The van der Waals surface area contributed by atoms with Crippen molar-refractivity contribution in [2.24, 2.45) is 11.7 Å². The average Bonchev–Trinajstić information content (AvgIpc) is 2.47. The molecule has 0 bridgehead atoms. The van der Waals surface area contributed by atoms with Crippen LogP contribution in [0.4, 0.5) is 0 Å². The average molecular weight is 220 g/mol. The van der Waals surface area contributed by atoms with Gasteiger partial charge in [-0.3, -0.25) is 0 Å². The van der Waals surface area contributed by atoms with Crippen molar-refractivity contribution in [3.8, 4) is 0 Å². The molecule has 2 unspecified atom stereocenters. The Kier molecular flexibility index (Phi) is 4.34. The Morgan fingerprint density at radius 2 is 2.29 bits per heavy atom. The summed E-state index contributed by atoms with van der Waals surface area (Å²) in [5.74, 6) is 1.11. The van der Waals surface area contributed by atoms with E-state index in [0.717, 1.165) is 19.4 Å². The van der Waals surface area contributed by atoms with Crippen LogP contribution in [0.15, 0.2) is 0 Å². The summed E-state index contributed by atoms with van der Waals surface area (Å²) in [6.45, 7) is 3.61. The fourth-order valence-electron chi connectivity index (χ4n) is 1.68. The molecule has 0 aliphatic carbocycles. The van der Waals surface area contributed by atoms with Crippen LogP contribution in [-0.4, -0.2) is 39.1 Å². The summed E-state index contributed by atoms with van der Waals surface area (Å²) in [6, 6.07) is 0.153. The second-order valence-corrected chi connectivity index (χ2v) is 6.25. The monoisotopic (exact) mass is 220 g/mol. The van der Waals surface area contributed by atoms with E-state index >= 15 is 0 Å². The Morgan fingerprint density at radius 3 is 2.71 bits per heavy atom. The van der Waals surface area contributed by atoms with Crippen LogP contribution in [0.3, 0.4) is 0 Å². The standard InChI is InChI=1S/C9H20N2O2S/c1-2-8(5-10)6-11-9-3-4-14(12,13)7-9/h8-9,11H,2-7,10H2,1H3. The highest BCUT2D eigenvalue weighted by molar-refractivity contribution is 7.91. The highest BCUT2D eigenvalue weighted by atomic mass is 32.2. The second kappa shape index (κ2) is 5.09. The molecule has 1 heterocycles. The second-order valence-electron chi connectivity index (χ2n) is 4.02. The van der Waals surface area contributed by atoms with Gasteiger partial charge in [-0.05, 0) is 25.4 Å². The highest BCUT2D eigenvalue weighted by Crippen LogP contribution is 2.11. The third kappa shape index (κ3) is 3.55. The molecule has 1 fully saturated rings. The molecule has 2 atom stereocenters. The molecule has 14 heavy (non-hydrogen) atoms. The van der Waals surface area contributed by atoms with E-state index < -0.39 is 9.84 Å². The summed E-state index contributed by atoms with van der Waals surface area (Å²) in [6.07, 6.45) is 1.80. The van der Waals surface area contributed by atoms with E-state index in [2.05, 4.69) is 12.2 Å². The van der Waals surface area contributed by atoms with Gasteiger partial charge in [0.1, 0.15) is 0 Å². The van der Waals surface area contributed by atoms with E-state index in [9.17, 15) is 8.42 Å². The van der Waals surface area contributed by atoms with Crippen molar-refractivity contribution in [1.29, 1.82) is 0 Å². The maximum absolute atomic E-state index is 11.2. The number of nitrogens with one attached hydrogen (secondary N) is 1. The first-order chi connectivity index (χ1) is 6.57. The van der Waals surface area contributed by atoms with Crippen LogP contribution in [0, 0.1) is 5.92 Å². The first-order valence-electron chi connectivity index (χ1n) is 5.21. The van der Waals surface area contributed by atoms with E-state index in [0.29, 0.717) is 24.0 Å². The minimum Gasteiger partial charge on any atom is -0.330 e. The van der Waals surface area contributed by atoms with Gasteiger partial charge in [0, 0.05) is 6.04 Å². The van der Waals surface area contributed by atoms with Crippen molar-refractivity contribution in [3.63, 3.8) is 0 Å². The molecule has 84 valence electrons. The zero-order valence-corrected chi connectivity index (χ0v) is 9.52. The lowest BCUT2D eigenvalue weighted by Gasteiger charge is -2.16. The number of hydrogen-bond donors (Lipinski definition) is 2. The van der Waals surface area contributed by atoms with Gasteiger partial charge in [-0.1, -0.05) is 13.3 Å². The normalized spacial score (nSPS) is 27.7. The SMILES string of the molecule is CCC(CN)CNC1CCS(=O)(=O)C1. The van der Waals surface area contributed by atoms with Crippen molar-refractivity contribution in [3.05, 3.63) is 0 Å². The molecule has 1 aliphatic heterocycles. The predicted octanol–water partition coefficient (Wildman–Crippen LogP) is -0.252. The van der Waals surface area contributed by atoms with E-state index in [4.69, 9.17) is 5.73 Å². The van der Waals surface area contributed by atoms with E-state index in [1.54, 1.807) is 0 Å². The van der Waals surface area contributed by atoms with Gasteiger partial charge in [0.05, 0.1) is 11.5 Å². The van der Waals surface area contributed by atoms with Crippen LogP contribution in [0.2, 0.25) is 0 Å². The third-order valence-corrected chi connectivity index (χ3v) is 4.61. The predicted molar refractivity (Wildman–Crippen MR) is 57.9 cm³/mol. The highest BCUT2D eigenvalue weighted by Gasteiger charge is 2.27. The number of nitrogens with two attached hydrogens (primary N) is 1. The van der Waals surface area contributed by atoms with Crippen molar-refractivity contribution in [2.45, 2.75) is 25.8 Å². The first kappa shape index (κ1) is 11.9. The molecule has 5 heteroatoms. The van der Waals surface area contributed by atoms with Gasteiger partial charge in [-0.25, -0.2) is 8.42 Å². The van der Waals surface area contributed by atoms with Gasteiger partial charge in [-0.2, -0.15) is 0 Å². The van der Waals surface area contributed by atoms with Gasteiger partial charge in [0.2, 0.25) is 0 Å². The largest absolute Gasteiger partial charge is 0.330 e. The summed E-state index contributed by atoms with van der Waals surface area (Å²) in [5, 5.41) is 3.28. The molecule has 1 aliphatic rings. The Morgan fingerprint density at radius 1 is 1.57 bits per heavy atom. The smallest absolute Gasteiger partial charge is 0.151 e. The minimum atomic E-state index is -2.75. The van der Waals surface area contributed by atoms with E-state index in [1.807, 2.05) is 0 Å². The van der Waals surface area contributed by atoms with Crippen molar-refractivity contribution in [2.75, 3.05) is 24.6 Å². The lowest BCUT2D eigenvalue weighted by atomic mass is 10.1. The molecular formula is C9H20N2O2S. The topological polar surface area (TPSA) is 72.2 Å². The lowest BCUT2D eigenvalue weighted by Crippen LogP contribution is -2.36. The Hall–Kier alpha value is -0.130. The molecule has 1 saturated heterocycles. The molecule has 4 nitrogen and oxygen atoms in total. The molecule has 0 aromatic heterocycles. The van der Waals surface area contributed by atoms with E-state index in [1.165, 1.54) is 0 Å². The van der Waals surface area contributed by atoms with Crippen LogP contribution in [0.25, 0.3) is 0 Å². The summed E-state index contributed by atoms with van der Waals surface area (Å²) in [7, 11) is -2.75. The fourth-order valence-corrected chi connectivity index (χ4v) is 3.39. The summed E-state index contributed by atoms with van der Waals surface area (Å²) in [4.78, 5) is 0. The molecule has 3 N–H and O–H groups in total. The maximum atomic E-state index is 11.2. The lowest BCUT2D eigenvalue weighted by molar-refractivity contribution is 0.436. The molecule has 0 aromatic rings. The number of sulfone groups is 1. The van der Waals surface area contributed by atoms with Crippen LogP contribution in [-0.2, 0) is 9.84 Å². The number of hydrogen-bond acceptors (Lipinski definition) is 4. The van der Waals surface area contributed by atoms with Crippen LogP contribution >= 0.6 is 0 Å². The van der Waals surface area contributed by atoms with Crippen molar-refractivity contribution < 1.29 is 8.42 Å². The van der Waals surface area contributed by atoms with Gasteiger partial charge < -0.3 is 11.1 Å².